The minimum atomic E-state index is -1.83. The van der Waals surface area contributed by atoms with E-state index in [0.717, 1.165) is 6.42 Å². The number of hydrogen-bond acceptors (Lipinski definition) is 2. The van der Waals surface area contributed by atoms with Crippen LogP contribution in [0.2, 0.25) is 5.71 Å². The molecule has 0 bridgehead atoms. The normalized spacial score (nSPS) is 17.6. The second kappa shape index (κ2) is 6.63. The van der Waals surface area contributed by atoms with Crippen LogP contribution in [0.15, 0.2) is 30.3 Å². The Labute approximate surface area is 119 Å². The van der Waals surface area contributed by atoms with Gasteiger partial charge in [-0.3, -0.25) is 0 Å². The van der Waals surface area contributed by atoms with Gasteiger partial charge in [0.25, 0.3) is 0 Å². The summed E-state index contributed by atoms with van der Waals surface area (Å²) in [4.78, 5) is 12.1. The number of alkyl halides is 1. The van der Waals surface area contributed by atoms with Gasteiger partial charge in [0.05, 0.1) is 0 Å². The molecule has 0 fully saturated rings. The Bertz CT molecular complexity index is 394. The van der Waals surface area contributed by atoms with Crippen molar-refractivity contribution in [2.45, 2.75) is 42.7 Å². The summed E-state index contributed by atoms with van der Waals surface area (Å²) in [6.07, 6.45) is 0.930. The van der Waals surface area contributed by atoms with Gasteiger partial charge in [0.1, 0.15) is 0 Å². The quantitative estimate of drug-likeness (QED) is 0.593. The van der Waals surface area contributed by atoms with Crippen LogP contribution in [-0.4, -0.2) is 25.0 Å². The standard InChI is InChI=1S/C14H20AsClO2/c1-5-14(3,12-9-7-6-8-10-12)15(4)13(17)18-11(2)16/h6-11H,5H2,1-4H3/t11?,14-,15?/m0/s1. The van der Waals surface area contributed by atoms with E-state index in [-0.39, 0.29) is 8.96 Å². The summed E-state index contributed by atoms with van der Waals surface area (Å²) in [5.41, 5.74) is 2.71. The molecule has 0 heterocycles. The summed E-state index contributed by atoms with van der Waals surface area (Å²) >= 11 is 3.91. The summed E-state index contributed by atoms with van der Waals surface area (Å²) in [7, 11) is 0. The van der Waals surface area contributed by atoms with E-state index in [1.165, 1.54) is 5.56 Å². The summed E-state index contributed by atoms with van der Waals surface area (Å²) in [5, 5.41) is 0. The van der Waals surface area contributed by atoms with Crippen molar-refractivity contribution in [1.29, 1.82) is 0 Å². The molecule has 0 amide bonds. The van der Waals surface area contributed by atoms with Gasteiger partial charge in [0.2, 0.25) is 0 Å². The predicted octanol–water partition coefficient (Wildman–Crippen LogP) is 4.32. The first-order valence-electron chi connectivity index (χ1n) is 6.06. The Morgan fingerprint density at radius 3 is 2.44 bits per heavy atom. The fourth-order valence-corrected chi connectivity index (χ4v) is 5.70. The molecular formula is C14H20AsClO2. The molecule has 100 valence electrons. The second-order valence-electron chi connectivity index (χ2n) is 4.48. The molecule has 0 spiro atoms. The van der Waals surface area contributed by atoms with E-state index in [2.05, 4.69) is 26.0 Å². The van der Waals surface area contributed by atoms with Gasteiger partial charge in [0, 0.05) is 0 Å². The molecule has 0 aliphatic carbocycles. The fraction of sp³-hybridized carbons (Fsp3) is 0.500. The number of carbonyl (C=O) groups is 1. The first-order valence-corrected chi connectivity index (χ1v) is 10.2. The number of rotatable bonds is 5. The van der Waals surface area contributed by atoms with E-state index in [4.69, 9.17) is 16.3 Å². The van der Waals surface area contributed by atoms with Crippen LogP contribution in [0.25, 0.3) is 0 Å². The first kappa shape index (κ1) is 15.6. The Hall–Kier alpha value is -0.462. The summed E-state index contributed by atoms with van der Waals surface area (Å²) in [6, 6.07) is 10.2. The van der Waals surface area contributed by atoms with Crippen LogP contribution in [0.3, 0.4) is 0 Å². The number of benzene rings is 1. The molecule has 1 aromatic rings. The van der Waals surface area contributed by atoms with Gasteiger partial charge < -0.3 is 0 Å². The van der Waals surface area contributed by atoms with Crippen molar-refractivity contribution in [2.75, 3.05) is 0 Å². The van der Waals surface area contributed by atoms with Crippen molar-refractivity contribution in [2.24, 2.45) is 0 Å². The Morgan fingerprint density at radius 2 is 2.00 bits per heavy atom. The van der Waals surface area contributed by atoms with E-state index in [1.54, 1.807) is 6.92 Å². The van der Waals surface area contributed by atoms with Gasteiger partial charge in [-0.2, -0.15) is 0 Å². The minimum absolute atomic E-state index is 0.0862. The zero-order valence-corrected chi connectivity index (χ0v) is 13.9. The average molecular weight is 331 g/mol. The number of hydrogen-bond donors (Lipinski definition) is 0. The van der Waals surface area contributed by atoms with Crippen molar-refractivity contribution in [3.8, 4) is 0 Å². The predicted molar refractivity (Wildman–Crippen MR) is 77.5 cm³/mol. The zero-order chi connectivity index (χ0) is 13.8. The monoisotopic (exact) mass is 330 g/mol. The van der Waals surface area contributed by atoms with Crippen molar-refractivity contribution in [3.05, 3.63) is 35.9 Å². The Balaban J connectivity index is 2.98. The van der Waals surface area contributed by atoms with Crippen LogP contribution in [0, 0.1) is 0 Å². The fourth-order valence-electron chi connectivity index (χ4n) is 1.85. The third kappa shape index (κ3) is 3.52. The molecule has 0 aliphatic heterocycles. The van der Waals surface area contributed by atoms with E-state index in [1.807, 2.05) is 23.9 Å². The molecule has 18 heavy (non-hydrogen) atoms. The van der Waals surface area contributed by atoms with Gasteiger partial charge >= 0.3 is 119 Å². The number of halogens is 1. The van der Waals surface area contributed by atoms with Crippen molar-refractivity contribution in [1.82, 2.24) is 0 Å². The summed E-state index contributed by atoms with van der Waals surface area (Å²) < 4.78 is 4.99. The van der Waals surface area contributed by atoms with E-state index in [9.17, 15) is 4.79 Å². The maximum absolute atomic E-state index is 12.1. The van der Waals surface area contributed by atoms with Crippen molar-refractivity contribution >= 4 is 31.0 Å². The molecule has 2 unspecified atom stereocenters. The molecule has 4 heteroatoms. The van der Waals surface area contributed by atoms with E-state index < -0.39 is 20.2 Å². The van der Waals surface area contributed by atoms with Crippen LogP contribution in [0.4, 0.5) is 4.79 Å². The van der Waals surface area contributed by atoms with Crippen LogP contribution >= 0.6 is 11.6 Å². The summed E-state index contributed by atoms with van der Waals surface area (Å²) in [5.74, 6) is 0. The molecule has 3 atom stereocenters. The van der Waals surface area contributed by atoms with Crippen molar-refractivity contribution < 1.29 is 9.53 Å². The molecule has 1 rings (SSSR count). The third-order valence-corrected chi connectivity index (χ3v) is 9.13. The van der Waals surface area contributed by atoms with Crippen LogP contribution in [0.1, 0.15) is 32.8 Å². The Morgan fingerprint density at radius 1 is 1.44 bits per heavy atom. The van der Waals surface area contributed by atoms with E-state index in [0.29, 0.717) is 0 Å². The molecule has 2 nitrogen and oxygen atoms in total. The van der Waals surface area contributed by atoms with Gasteiger partial charge in [-0.05, 0) is 0 Å². The molecular weight excluding hydrogens is 311 g/mol. The maximum atomic E-state index is 12.1. The second-order valence-corrected chi connectivity index (χ2v) is 10.3. The SMILES string of the molecule is CC[C@@](C)(c1ccccc1)[As](C)C(=O)OC(C)Cl. The molecule has 0 radical (unpaired) electrons. The average Bonchev–Trinajstić information content (AvgIpc) is 2.37. The number of carbonyl (C=O) groups excluding carboxylic acids is 1. The molecule has 0 aromatic heterocycles. The van der Waals surface area contributed by atoms with Crippen LogP contribution < -0.4 is 0 Å². The topological polar surface area (TPSA) is 26.3 Å². The van der Waals surface area contributed by atoms with Gasteiger partial charge in [-0.25, -0.2) is 0 Å². The zero-order valence-electron chi connectivity index (χ0n) is 11.3. The van der Waals surface area contributed by atoms with Gasteiger partial charge in [-0.1, -0.05) is 0 Å². The Kier molecular flexibility index (Phi) is 5.75. The molecule has 0 N–H and O–H groups in total. The molecule has 0 saturated heterocycles. The third-order valence-electron chi connectivity index (χ3n) is 3.36. The summed E-state index contributed by atoms with van der Waals surface area (Å²) in [6.45, 7) is 5.95. The van der Waals surface area contributed by atoms with Crippen molar-refractivity contribution in [3.63, 3.8) is 0 Å². The van der Waals surface area contributed by atoms with E-state index >= 15 is 0 Å². The van der Waals surface area contributed by atoms with Gasteiger partial charge in [0.15, 0.2) is 0 Å². The first-order chi connectivity index (χ1) is 8.41. The van der Waals surface area contributed by atoms with Gasteiger partial charge in [-0.15, -0.1) is 0 Å². The molecule has 0 saturated carbocycles. The van der Waals surface area contributed by atoms with Crippen LogP contribution in [0.5, 0.6) is 0 Å². The molecule has 0 aliphatic rings. The van der Waals surface area contributed by atoms with Crippen LogP contribution in [-0.2, 0) is 8.94 Å². The number of ether oxygens (including phenoxy) is 1. The molecule has 1 aromatic carbocycles.